The van der Waals surface area contributed by atoms with Crippen LogP contribution >= 0.6 is 15.9 Å². The summed E-state index contributed by atoms with van der Waals surface area (Å²) in [6, 6.07) is 10.7. The summed E-state index contributed by atoms with van der Waals surface area (Å²) in [5, 5.41) is 3.49. The minimum absolute atomic E-state index is 0.280. The second-order valence-corrected chi connectivity index (χ2v) is 4.90. The van der Waals surface area contributed by atoms with Crippen LogP contribution < -0.4 is 5.32 Å². The first-order chi connectivity index (χ1) is 8.81. The quantitative estimate of drug-likeness (QED) is 0.922. The van der Waals surface area contributed by atoms with Gasteiger partial charge in [0.05, 0.1) is 10.2 Å². The second-order valence-electron chi connectivity index (χ2n) is 4.04. The Morgan fingerprint density at radius 2 is 2.06 bits per heavy atom. The van der Waals surface area contributed by atoms with Crippen molar-refractivity contribution in [1.82, 2.24) is 15.3 Å². The molecule has 0 aliphatic carbocycles. The molecule has 1 N–H and O–H groups in total. The standard InChI is InChI=1S/C14H16BrN3/c1-2-17-13(11-6-4-3-5-7-11)8-14-12(15)9-16-10-18-14/h3-7,9-10,13,17H,2,8H2,1H3. The highest BCUT2D eigenvalue weighted by atomic mass is 79.9. The van der Waals surface area contributed by atoms with Crippen molar-refractivity contribution in [2.45, 2.75) is 19.4 Å². The van der Waals surface area contributed by atoms with Crippen molar-refractivity contribution in [2.24, 2.45) is 0 Å². The van der Waals surface area contributed by atoms with Gasteiger partial charge in [-0.3, -0.25) is 0 Å². The Morgan fingerprint density at radius 1 is 1.28 bits per heavy atom. The zero-order valence-corrected chi connectivity index (χ0v) is 11.9. The third-order valence-corrected chi connectivity index (χ3v) is 3.46. The molecule has 0 saturated heterocycles. The van der Waals surface area contributed by atoms with Crippen LogP contribution in [0.1, 0.15) is 24.2 Å². The van der Waals surface area contributed by atoms with E-state index >= 15 is 0 Å². The van der Waals surface area contributed by atoms with Crippen LogP contribution in [0.25, 0.3) is 0 Å². The van der Waals surface area contributed by atoms with Crippen molar-refractivity contribution in [3.8, 4) is 0 Å². The van der Waals surface area contributed by atoms with Crippen LogP contribution in [0.15, 0.2) is 47.3 Å². The molecule has 0 amide bonds. The lowest BCUT2D eigenvalue weighted by Gasteiger charge is -2.18. The van der Waals surface area contributed by atoms with E-state index < -0.39 is 0 Å². The first kappa shape index (κ1) is 13.2. The monoisotopic (exact) mass is 305 g/mol. The van der Waals surface area contributed by atoms with Gasteiger partial charge in [-0.15, -0.1) is 0 Å². The van der Waals surface area contributed by atoms with Gasteiger partial charge in [0.15, 0.2) is 0 Å². The molecule has 1 atom stereocenters. The first-order valence-corrected chi connectivity index (χ1v) is 6.83. The van der Waals surface area contributed by atoms with Crippen LogP contribution in [0.5, 0.6) is 0 Å². The molecule has 0 aliphatic heterocycles. The summed E-state index contributed by atoms with van der Waals surface area (Å²) in [6.45, 7) is 3.05. The maximum atomic E-state index is 4.33. The number of aromatic nitrogens is 2. The lowest BCUT2D eigenvalue weighted by molar-refractivity contribution is 0.542. The Labute approximate surface area is 116 Å². The average Bonchev–Trinajstić information content (AvgIpc) is 2.42. The minimum atomic E-state index is 0.280. The Bertz CT molecular complexity index is 487. The van der Waals surface area contributed by atoms with Crippen LogP contribution in [0.2, 0.25) is 0 Å². The van der Waals surface area contributed by atoms with E-state index in [1.54, 1.807) is 12.5 Å². The van der Waals surface area contributed by atoms with Crippen LogP contribution in [0, 0.1) is 0 Å². The molecule has 0 aliphatic rings. The number of likely N-dealkylation sites (N-methyl/N-ethyl adjacent to an activating group) is 1. The third kappa shape index (κ3) is 3.37. The van der Waals surface area contributed by atoms with E-state index in [2.05, 4.69) is 62.4 Å². The lowest BCUT2D eigenvalue weighted by atomic mass is 10.0. The van der Waals surface area contributed by atoms with Gasteiger partial charge < -0.3 is 5.32 Å². The van der Waals surface area contributed by atoms with E-state index in [-0.39, 0.29) is 6.04 Å². The molecular weight excluding hydrogens is 290 g/mol. The molecule has 0 saturated carbocycles. The highest BCUT2D eigenvalue weighted by Gasteiger charge is 2.13. The van der Waals surface area contributed by atoms with Crippen molar-refractivity contribution >= 4 is 15.9 Å². The van der Waals surface area contributed by atoms with Gasteiger partial charge in [0.2, 0.25) is 0 Å². The van der Waals surface area contributed by atoms with Gasteiger partial charge in [-0.1, -0.05) is 37.3 Å². The topological polar surface area (TPSA) is 37.8 Å². The maximum Gasteiger partial charge on any atom is 0.115 e. The van der Waals surface area contributed by atoms with E-state index in [1.165, 1.54) is 5.56 Å². The van der Waals surface area contributed by atoms with Crippen LogP contribution in [-0.2, 0) is 6.42 Å². The van der Waals surface area contributed by atoms with Gasteiger partial charge in [0.1, 0.15) is 6.33 Å². The van der Waals surface area contributed by atoms with Crippen LogP contribution in [0.4, 0.5) is 0 Å². The Morgan fingerprint density at radius 3 is 2.72 bits per heavy atom. The summed E-state index contributed by atoms with van der Waals surface area (Å²) < 4.78 is 0.962. The number of rotatable bonds is 5. The summed E-state index contributed by atoms with van der Waals surface area (Å²) in [6.07, 6.45) is 4.23. The number of hydrogen-bond donors (Lipinski definition) is 1. The van der Waals surface area contributed by atoms with E-state index in [1.807, 2.05) is 6.07 Å². The average molecular weight is 306 g/mol. The third-order valence-electron chi connectivity index (χ3n) is 2.79. The van der Waals surface area contributed by atoms with Gasteiger partial charge >= 0.3 is 0 Å². The molecule has 1 unspecified atom stereocenters. The fraction of sp³-hybridized carbons (Fsp3) is 0.286. The SMILES string of the molecule is CCNC(Cc1ncncc1Br)c1ccccc1. The Hall–Kier alpha value is -1.26. The Balaban J connectivity index is 2.19. The molecule has 1 aromatic heterocycles. The smallest absolute Gasteiger partial charge is 0.115 e. The number of halogens is 1. The molecule has 0 fully saturated rings. The van der Waals surface area contributed by atoms with Gasteiger partial charge in [0, 0.05) is 18.7 Å². The number of nitrogens with one attached hydrogen (secondary N) is 1. The largest absolute Gasteiger partial charge is 0.310 e. The predicted molar refractivity (Wildman–Crippen MR) is 76.3 cm³/mol. The summed E-state index contributed by atoms with van der Waals surface area (Å²) in [5.74, 6) is 0. The van der Waals surface area contributed by atoms with Gasteiger partial charge in [-0.25, -0.2) is 9.97 Å². The molecule has 0 radical (unpaired) electrons. The normalized spacial score (nSPS) is 12.3. The zero-order chi connectivity index (χ0) is 12.8. The highest BCUT2D eigenvalue weighted by molar-refractivity contribution is 9.10. The molecule has 3 nitrogen and oxygen atoms in total. The molecule has 2 rings (SSSR count). The van der Waals surface area contributed by atoms with E-state index in [0.717, 1.165) is 23.1 Å². The molecular formula is C14H16BrN3. The van der Waals surface area contributed by atoms with Crippen molar-refractivity contribution in [3.63, 3.8) is 0 Å². The molecule has 4 heteroatoms. The minimum Gasteiger partial charge on any atom is -0.310 e. The zero-order valence-electron chi connectivity index (χ0n) is 10.3. The van der Waals surface area contributed by atoms with Crippen molar-refractivity contribution in [2.75, 3.05) is 6.54 Å². The molecule has 1 aromatic carbocycles. The summed E-state index contributed by atoms with van der Waals surface area (Å²) in [5.41, 5.74) is 2.31. The highest BCUT2D eigenvalue weighted by Crippen LogP contribution is 2.21. The molecule has 0 spiro atoms. The molecule has 2 aromatic rings. The van der Waals surface area contributed by atoms with Crippen molar-refractivity contribution in [3.05, 3.63) is 58.6 Å². The molecule has 0 bridgehead atoms. The number of hydrogen-bond acceptors (Lipinski definition) is 3. The van der Waals surface area contributed by atoms with E-state index in [4.69, 9.17) is 0 Å². The summed E-state index contributed by atoms with van der Waals surface area (Å²) in [4.78, 5) is 8.32. The Kier molecular flexibility index (Phi) is 4.84. The van der Waals surface area contributed by atoms with E-state index in [9.17, 15) is 0 Å². The molecule has 18 heavy (non-hydrogen) atoms. The fourth-order valence-electron chi connectivity index (χ4n) is 1.92. The second kappa shape index (κ2) is 6.61. The van der Waals surface area contributed by atoms with Gasteiger partial charge in [0.25, 0.3) is 0 Å². The van der Waals surface area contributed by atoms with Crippen LogP contribution in [0.3, 0.4) is 0 Å². The predicted octanol–water partition coefficient (Wildman–Crippen LogP) is 3.13. The first-order valence-electron chi connectivity index (χ1n) is 6.04. The maximum absolute atomic E-state index is 4.33. The van der Waals surface area contributed by atoms with E-state index in [0.29, 0.717) is 0 Å². The number of nitrogens with zero attached hydrogens (tertiary/aromatic N) is 2. The molecule has 1 heterocycles. The molecule has 94 valence electrons. The van der Waals surface area contributed by atoms with Gasteiger partial charge in [-0.05, 0) is 28.0 Å². The van der Waals surface area contributed by atoms with Crippen LogP contribution in [-0.4, -0.2) is 16.5 Å². The van der Waals surface area contributed by atoms with Crippen molar-refractivity contribution in [1.29, 1.82) is 0 Å². The van der Waals surface area contributed by atoms with Crippen molar-refractivity contribution < 1.29 is 0 Å². The number of benzene rings is 1. The lowest BCUT2D eigenvalue weighted by Crippen LogP contribution is -2.23. The van der Waals surface area contributed by atoms with Gasteiger partial charge in [-0.2, -0.15) is 0 Å². The summed E-state index contributed by atoms with van der Waals surface area (Å²) >= 11 is 3.50. The summed E-state index contributed by atoms with van der Waals surface area (Å²) in [7, 11) is 0. The fourth-order valence-corrected chi connectivity index (χ4v) is 2.30.